The van der Waals surface area contributed by atoms with Gasteiger partial charge >= 0.3 is 0 Å². The van der Waals surface area contributed by atoms with Gasteiger partial charge in [0, 0.05) is 24.5 Å². The number of rotatable bonds is 2. The van der Waals surface area contributed by atoms with Crippen molar-refractivity contribution in [3.8, 4) is 5.75 Å². The molecule has 0 radical (unpaired) electrons. The summed E-state index contributed by atoms with van der Waals surface area (Å²) in [6, 6.07) is 1.99. The fourth-order valence-electron chi connectivity index (χ4n) is 1.83. The maximum Gasteiger partial charge on any atom is 0.165 e. The Bertz CT molecular complexity index is 446. The van der Waals surface area contributed by atoms with Gasteiger partial charge in [0.25, 0.3) is 0 Å². The van der Waals surface area contributed by atoms with Crippen LogP contribution in [-0.4, -0.2) is 19.5 Å². The van der Waals surface area contributed by atoms with Crippen LogP contribution in [0.1, 0.15) is 24.5 Å². The molecule has 1 aliphatic heterocycles. The van der Waals surface area contributed by atoms with Crippen molar-refractivity contribution in [2.24, 2.45) is 0 Å². The van der Waals surface area contributed by atoms with Crippen LogP contribution in [0.5, 0.6) is 5.75 Å². The number of benzene rings is 1. The molecule has 0 amide bonds. The Morgan fingerprint density at radius 2 is 2.12 bits per heavy atom. The zero-order valence-electron chi connectivity index (χ0n) is 9.33. The molecule has 92 valence electrons. The minimum Gasteiger partial charge on any atom is -0.494 e. The van der Waals surface area contributed by atoms with Crippen molar-refractivity contribution < 1.29 is 23.0 Å². The van der Waals surface area contributed by atoms with Crippen LogP contribution < -0.4 is 4.74 Å². The smallest absolute Gasteiger partial charge is 0.165 e. The molecule has 0 aliphatic carbocycles. The molecule has 1 heterocycles. The monoisotopic (exact) mass is 242 g/mol. The van der Waals surface area contributed by atoms with Gasteiger partial charge in [-0.1, -0.05) is 0 Å². The molecule has 1 aliphatic rings. The fraction of sp³-hybridized carbons (Fsp3) is 0.417. The van der Waals surface area contributed by atoms with E-state index >= 15 is 0 Å². The summed E-state index contributed by atoms with van der Waals surface area (Å²) in [5.74, 6) is -1.45. The van der Waals surface area contributed by atoms with Gasteiger partial charge in [0.15, 0.2) is 11.6 Å². The molecular weight excluding hydrogens is 230 g/mol. The Morgan fingerprint density at radius 1 is 1.35 bits per heavy atom. The van der Waals surface area contributed by atoms with Crippen molar-refractivity contribution in [1.29, 1.82) is 0 Å². The van der Waals surface area contributed by atoms with Gasteiger partial charge in [-0.15, -0.1) is 0 Å². The van der Waals surface area contributed by atoms with E-state index in [1.807, 2.05) is 0 Å². The van der Waals surface area contributed by atoms with Gasteiger partial charge in [-0.2, -0.15) is 0 Å². The van der Waals surface area contributed by atoms with E-state index < -0.39 is 17.7 Å². The summed E-state index contributed by atoms with van der Waals surface area (Å²) in [6.07, 6.45) is -0.281. The van der Waals surface area contributed by atoms with Gasteiger partial charge in [-0.25, -0.2) is 8.78 Å². The largest absolute Gasteiger partial charge is 0.494 e. The van der Waals surface area contributed by atoms with Crippen molar-refractivity contribution in [3.63, 3.8) is 0 Å². The maximum absolute atomic E-state index is 13.7. The molecule has 2 rings (SSSR count). The Morgan fingerprint density at radius 3 is 2.76 bits per heavy atom. The molecule has 1 atom stereocenters. The third-order valence-electron chi connectivity index (χ3n) is 2.73. The molecule has 1 aromatic rings. The molecule has 3 nitrogen and oxygen atoms in total. The van der Waals surface area contributed by atoms with E-state index in [0.717, 1.165) is 12.1 Å². The van der Waals surface area contributed by atoms with Crippen molar-refractivity contribution >= 4 is 5.78 Å². The minimum absolute atomic E-state index is 0.00289. The Kier molecular flexibility index (Phi) is 3.38. The van der Waals surface area contributed by atoms with Gasteiger partial charge in [0.2, 0.25) is 0 Å². The lowest BCUT2D eigenvalue weighted by Gasteiger charge is -2.22. The number of hydrogen-bond donors (Lipinski definition) is 0. The van der Waals surface area contributed by atoms with Crippen LogP contribution in [0.15, 0.2) is 12.1 Å². The molecule has 0 N–H and O–H groups in total. The molecule has 0 spiro atoms. The SMILES string of the molecule is COc1cc(F)c(C2CC(=O)CCO2)cc1F. The first-order valence-corrected chi connectivity index (χ1v) is 5.28. The molecule has 1 unspecified atom stereocenters. The summed E-state index contributed by atoms with van der Waals surface area (Å²) in [6.45, 7) is 0.247. The topological polar surface area (TPSA) is 35.5 Å². The van der Waals surface area contributed by atoms with Crippen molar-refractivity contribution in [1.82, 2.24) is 0 Å². The van der Waals surface area contributed by atoms with Crippen LogP contribution in [-0.2, 0) is 9.53 Å². The molecule has 17 heavy (non-hydrogen) atoms. The Hall–Kier alpha value is -1.49. The number of carbonyl (C=O) groups excluding carboxylic acids is 1. The van der Waals surface area contributed by atoms with Crippen LogP contribution in [0.4, 0.5) is 8.78 Å². The lowest BCUT2D eigenvalue weighted by molar-refractivity contribution is -0.128. The van der Waals surface area contributed by atoms with E-state index in [0.29, 0.717) is 6.42 Å². The Labute approximate surface area is 97.3 Å². The quantitative estimate of drug-likeness (QED) is 0.798. The van der Waals surface area contributed by atoms with E-state index in [9.17, 15) is 13.6 Å². The summed E-state index contributed by atoms with van der Waals surface area (Å²) in [5, 5.41) is 0. The molecule has 1 fully saturated rings. The Balaban J connectivity index is 2.31. The van der Waals surface area contributed by atoms with Gasteiger partial charge in [-0.3, -0.25) is 4.79 Å². The first kappa shape index (κ1) is 12.0. The maximum atomic E-state index is 13.7. The van der Waals surface area contributed by atoms with Gasteiger partial charge in [0.05, 0.1) is 19.8 Å². The molecular formula is C12H12F2O3. The van der Waals surface area contributed by atoms with Crippen molar-refractivity contribution in [2.45, 2.75) is 18.9 Å². The lowest BCUT2D eigenvalue weighted by Crippen LogP contribution is -2.20. The normalized spacial score (nSPS) is 20.4. The molecule has 1 aromatic carbocycles. The van der Waals surface area contributed by atoms with Crippen LogP contribution in [0, 0.1) is 11.6 Å². The van der Waals surface area contributed by atoms with Gasteiger partial charge in [0.1, 0.15) is 11.6 Å². The molecule has 0 aromatic heterocycles. The molecule has 0 bridgehead atoms. The predicted molar refractivity (Wildman–Crippen MR) is 55.8 cm³/mol. The van der Waals surface area contributed by atoms with E-state index in [1.54, 1.807) is 0 Å². The highest BCUT2D eigenvalue weighted by atomic mass is 19.1. The van der Waals surface area contributed by atoms with Gasteiger partial charge in [-0.05, 0) is 6.07 Å². The van der Waals surface area contributed by atoms with E-state index in [4.69, 9.17) is 4.74 Å². The molecule has 0 saturated carbocycles. The summed E-state index contributed by atoms with van der Waals surface area (Å²) in [5.41, 5.74) is 0.0661. The first-order valence-electron chi connectivity index (χ1n) is 5.28. The van der Waals surface area contributed by atoms with Crippen LogP contribution in [0.25, 0.3) is 0 Å². The number of carbonyl (C=O) groups is 1. The molecule has 5 heteroatoms. The lowest BCUT2D eigenvalue weighted by atomic mass is 10.00. The number of Topliss-reactive ketones (excluding diaryl/α,β-unsaturated/α-hetero) is 1. The highest BCUT2D eigenvalue weighted by Crippen LogP contribution is 2.31. The first-order chi connectivity index (χ1) is 8.11. The summed E-state index contributed by atoms with van der Waals surface area (Å²) >= 11 is 0. The number of halogens is 2. The summed E-state index contributed by atoms with van der Waals surface area (Å²) < 4.78 is 37.1. The van der Waals surface area contributed by atoms with E-state index in [2.05, 4.69) is 4.74 Å². The number of ketones is 1. The van der Waals surface area contributed by atoms with Crippen LogP contribution in [0.2, 0.25) is 0 Å². The average molecular weight is 242 g/mol. The predicted octanol–water partition coefficient (Wildman–Crippen LogP) is 2.39. The zero-order chi connectivity index (χ0) is 12.4. The standard InChI is InChI=1S/C12H12F2O3/c1-16-12-6-9(13)8(5-10(12)14)11-4-7(15)2-3-17-11/h5-6,11H,2-4H2,1H3. The number of hydrogen-bond acceptors (Lipinski definition) is 3. The van der Waals surface area contributed by atoms with Crippen LogP contribution >= 0.6 is 0 Å². The summed E-state index contributed by atoms with van der Waals surface area (Å²) in [4.78, 5) is 11.2. The van der Waals surface area contributed by atoms with Crippen LogP contribution in [0.3, 0.4) is 0 Å². The van der Waals surface area contributed by atoms with Gasteiger partial charge < -0.3 is 9.47 Å². The van der Waals surface area contributed by atoms with Crippen molar-refractivity contribution in [2.75, 3.05) is 13.7 Å². The number of ether oxygens (including phenoxy) is 2. The average Bonchev–Trinajstić information content (AvgIpc) is 2.31. The fourth-order valence-corrected chi connectivity index (χ4v) is 1.83. The minimum atomic E-state index is -0.698. The second kappa shape index (κ2) is 4.79. The summed E-state index contributed by atoms with van der Waals surface area (Å²) in [7, 11) is 1.26. The highest BCUT2D eigenvalue weighted by Gasteiger charge is 2.25. The third kappa shape index (κ3) is 2.44. The zero-order valence-corrected chi connectivity index (χ0v) is 9.33. The number of methoxy groups -OCH3 is 1. The van der Waals surface area contributed by atoms with E-state index in [1.165, 1.54) is 7.11 Å². The second-order valence-corrected chi connectivity index (χ2v) is 3.86. The second-order valence-electron chi connectivity index (χ2n) is 3.86. The van der Waals surface area contributed by atoms with Crippen molar-refractivity contribution in [3.05, 3.63) is 29.3 Å². The van der Waals surface area contributed by atoms with E-state index in [-0.39, 0.29) is 30.1 Å². The highest BCUT2D eigenvalue weighted by molar-refractivity contribution is 5.79. The third-order valence-corrected chi connectivity index (χ3v) is 2.73. The molecule has 1 saturated heterocycles.